The quantitative estimate of drug-likeness (QED) is 0.662. The lowest BCUT2D eigenvalue weighted by Crippen LogP contribution is -2.42. The SMILES string of the molecule is CC(C)N(CC(C=O)C1C[CH]CCC1)C(C)C. The normalized spacial score (nSPS) is 20.2. The predicted octanol–water partition coefficient (Wildman–Crippen LogP) is 3.31. The summed E-state index contributed by atoms with van der Waals surface area (Å²) in [5, 5.41) is 0. The van der Waals surface area contributed by atoms with Gasteiger partial charge >= 0.3 is 0 Å². The van der Waals surface area contributed by atoms with Gasteiger partial charge in [-0.25, -0.2) is 0 Å². The van der Waals surface area contributed by atoms with Crippen LogP contribution in [0.15, 0.2) is 0 Å². The summed E-state index contributed by atoms with van der Waals surface area (Å²) in [5.41, 5.74) is 0. The van der Waals surface area contributed by atoms with E-state index in [1.165, 1.54) is 25.5 Å². The number of carbonyl (C=O) groups excluding carboxylic acids is 1. The van der Waals surface area contributed by atoms with Crippen molar-refractivity contribution in [1.29, 1.82) is 0 Å². The number of nitrogens with zero attached hydrogens (tertiary/aromatic N) is 1. The molecule has 17 heavy (non-hydrogen) atoms. The fourth-order valence-corrected chi connectivity index (χ4v) is 2.93. The van der Waals surface area contributed by atoms with Crippen LogP contribution in [-0.4, -0.2) is 29.8 Å². The van der Waals surface area contributed by atoms with E-state index in [9.17, 15) is 4.79 Å². The van der Waals surface area contributed by atoms with E-state index < -0.39 is 0 Å². The third-order valence-electron chi connectivity index (χ3n) is 3.98. The third-order valence-corrected chi connectivity index (χ3v) is 3.98. The van der Waals surface area contributed by atoms with Gasteiger partial charge in [-0.05, 0) is 52.9 Å². The van der Waals surface area contributed by atoms with Gasteiger partial charge in [-0.2, -0.15) is 0 Å². The second-order valence-corrected chi connectivity index (χ2v) is 5.90. The highest BCUT2D eigenvalue weighted by atomic mass is 16.1. The van der Waals surface area contributed by atoms with Gasteiger partial charge in [-0.1, -0.05) is 12.8 Å². The lowest BCUT2D eigenvalue weighted by molar-refractivity contribution is -0.113. The molecule has 0 aromatic carbocycles. The number of hydrogen-bond acceptors (Lipinski definition) is 2. The van der Waals surface area contributed by atoms with E-state index in [4.69, 9.17) is 0 Å². The first-order chi connectivity index (χ1) is 8.06. The van der Waals surface area contributed by atoms with E-state index in [1.807, 2.05) is 0 Å². The third kappa shape index (κ3) is 4.42. The maximum atomic E-state index is 11.3. The maximum Gasteiger partial charge on any atom is 0.124 e. The molecule has 0 heterocycles. The molecule has 0 aromatic heterocycles. The van der Waals surface area contributed by atoms with Crippen LogP contribution in [0.2, 0.25) is 0 Å². The van der Waals surface area contributed by atoms with Gasteiger partial charge in [0.25, 0.3) is 0 Å². The molecule has 1 saturated carbocycles. The molecular weight excluding hydrogens is 210 g/mol. The van der Waals surface area contributed by atoms with E-state index in [1.54, 1.807) is 0 Å². The van der Waals surface area contributed by atoms with Gasteiger partial charge in [-0.3, -0.25) is 4.90 Å². The lowest BCUT2D eigenvalue weighted by Gasteiger charge is -2.36. The second kappa shape index (κ2) is 7.15. The minimum Gasteiger partial charge on any atom is -0.303 e. The zero-order valence-electron chi connectivity index (χ0n) is 11.9. The number of hydrogen-bond donors (Lipinski definition) is 0. The van der Waals surface area contributed by atoms with Gasteiger partial charge in [0, 0.05) is 24.5 Å². The van der Waals surface area contributed by atoms with Crippen LogP contribution in [0.1, 0.15) is 53.4 Å². The molecule has 0 saturated heterocycles. The first-order valence-corrected chi connectivity index (χ1v) is 7.09. The van der Waals surface area contributed by atoms with Crippen LogP contribution in [-0.2, 0) is 4.79 Å². The summed E-state index contributed by atoms with van der Waals surface area (Å²) in [6.45, 7) is 9.80. The molecule has 1 aliphatic carbocycles. The Labute approximate surface area is 107 Å². The molecule has 1 radical (unpaired) electrons. The molecule has 1 rings (SSSR count). The van der Waals surface area contributed by atoms with E-state index in [0.717, 1.165) is 13.0 Å². The zero-order valence-corrected chi connectivity index (χ0v) is 11.9. The summed E-state index contributed by atoms with van der Waals surface area (Å²) < 4.78 is 0. The highest BCUT2D eigenvalue weighted by molar-refractivity contribution is 5.54. The molecule has 99 valence electrons. The minimum atomic E-state index is 0.219. The fraction of sp³-hybridized carbons (Fsp3) is 0.867. The second-order valence-electron chi connectivity index (χ2n) is 5.90. The first-order valence-electron chi connectivity index (χ1n) is 7.09. The van der Waals surface area contributed by atoms with Gasteiger partial charge < -0.3 is 4.79 Å². The smallest absolute Gasteiger partial charge is 0.124 e. The van der Waals surface area contributed by atoms with Crippen molar-refractivity contribution >= 4 is 6.29 Å². The van der Waals surface area contributed by atoms with Crippen LogP contribution >= 0.6 is 0 Å². The lowest BCUT2D eigenvalue weighted by atomic mass is 9.80. The van der Waals surface area contributed by atoms with Crippen LogP contribution in [0.3, 0.4) is 0 Å². The molecule has 2 atom stereocenters. The molecule has 2 unspecified atom stereocenters. The average Bonchev–Trinajstić information content (AvgIpc) is 2.30. The molecule has 2 nitrogen and oxygen atoms in total. The highest BCUT2D eigenvalue weighted by Crippen LogP contribution is 2.29. The molecule has 0 bridgehead atoms. The Kier molecular flexibility index (Phi) is 6.18. The molecule has 0 aromatic rings. The number of aldehydes is 1. The summed E-state index contributed by atoms with van der Waals surface area (Å²) in [4.78, 5) is 13.8. The molecule has 1 fully saturated rings. The summed E-state index contributed by atoms with van der Waals surface area (Å²) in [6.07, 6.45) is 8.41. The Bertz CT molecular complexity index is 211. The van der Waals surface area contributed by atoms with Crippen molar-refractivity contribution in [3.8, 4) is 0 Å². The van der Waals surface area contributed by atoms with E-state index >= 15 is 0 Å². The fourth-order valence-electron chi connectivity index (χ4n) is 2.93. The maximum absolute atomic E-state index is 11.3. The van der Waals surface area contributed by atoms with Crippen LogP contribution in [0.4, 0.5) is 0 Å². The first kappa shape index (κ1) is 14.7. The zero-order chi connectivity index (χ0) is 12.8. The van der Waals surface area contributed by atoms with Crippen molar-refractivity contribution in [2.24, 2.45) is 11.8 Å². The van der Waals surface area contributed by atoms with Crippen molar-refractivity contribution in [1.82, 2.24) is 4.90 Å². The van der Waals surface area contributed by atoms with Crippen LogP contribution < -0.4 is 0 Å². The predicted molar refractivity (Wildman–Crippen MR) is 72.8 cm³/mol. The summed E-state index contributed by atoms with van der Waals surface area (Å²) in [6, 6.07) is 1.04. The van der Waals surface area contributed by atoms with Gasteiger partial charge in [0.2, 0.25) is 0 Å². The topological polar surface area (TPSA) is 20.3 Å². The number of rotatable bonds is 6. The summed E-state index contributed by atoms with van der Waals surface area (Å²) in [5.74, 6) is 0.803. The summed E-state index contributed by atoms with van der Waals surface area (Å²) >= 11 is 0. The molecular formula is C15H28NO. The Morgan fingerprint density at radius 2 is 1.94 bits per heavy atom. The standard InChI is InChI=1S/C15H28NO/c1-12(2)16(13(3)4)10-15(11-17)14-8-6-5-7-9-14/h6,11-15H,5,7-10H2,1-4H3. The molecule has 0 spiro atoms. The van der Waals surface area contributed by atoms with Gasteiger partial charge in [0.15, 0.2) is 0 Å². The van der Waals surface area contributed by atoms with Crippen molar-refractivity contribution in [2.45, 2.75) is 65.5 Å². The van der Waals surface area contributed by atoms with Gasteiger partial charge in [0.1, 0.15) is 6.29 Å². The largest absolute Gasteiger partial charge is 0.303 e. The molecule has 1 aliphatic rings. The van der Waals surface area contributed by atoms with Crippen LogP contribution in [0, 0.1) is 18.3 Å². The summed E-state index contributed by atoms with van der Waals surface area (Å²) in [7, 11) is 0. The monoisotopic (exact) mass is 238 g/mol. The van der Waals surface area contributed by atoms with Crippen molar-refractivity contribution in [3.63, 3.8) is 0 Å². The highest BCUT2D eigenvalue weighted by Gasteiger charge is 2.26. The molecule has 0 amide bonds. The van der Waals surface area contributed by atoms with Gasteiger partial charge in [-0.15, -0.1) is 0 Å². The van der Waals surface area contributed by atoms with Gasteiger partial charge in [0.05, 0.1) is 0 Å². The van der Waals surface area contributed by atoms with E-state index in [0.29, 0.717) is 18.0 Å². The van der Waals surface area contributed by atoms with Crippen LogP contribution in [0.5, 0.6) is 0 Å². The Morgan fingerprint density at radius 1 is 1.29 bits per heavy atom. The molecule has 0 aliphatic heterocycles. The Hall–Kier alpha value is -0.370. The average molecular weight is 238 g/mol. The van der Waals surface area contributed by atoms with E-state index in [-0.39, 0.29) is 5.92 Å². The number of carbonyl (C=O) groups is 1. The Morgan fingerprint density at radius 3 is 2.35 bits per heavy atom. The minimum absolute atomic E-state index is 0.219. The molecule has 2 heteroatoms. The van der Waals surface area contributed by atoms with Crippen molar-refractivity contribution < 1.29 is 4.79 Å². The Balaban J connectivity index is 2.57. The van der Waals surface area contributed by atoms with Crippen molar-refractivity contribution in [3.05, 3.63) is 6.42 Å². The molecule has 0 N–H and O–H groups in total. The van der Waals surface area contributed by atoms with E-state index in [2.05, 4.69) is 39.0 Å². The van der Waals surface area contributed by atoms with Crippen LogP contribution in [0.25, 0.3) is 0 Å². The van der Waals surface area contributed by atoms with Crippen molar-refractivity contribution in [2.75, 3.05) is 6.54 Å².